The third kappa shape index (κ3) is 4.45. The molecular weight excluding hydrogens is 335 g/mol. The van der Waals surface area contributed by atoms with Gasteiger partial charge in [-0.3, -0.25) is 9.78 Å². The Kier molecular flexibility index (Phi) is 5.64. The van der Waals surface area contributed by atoms with Crippen molar-refractivity contribution in [2.45, 2.75) is 25.4 Å². The molecule has 0 aliphatic carbocycles. The number of carbonyl (C=O) groups is 1. The van der Waals surface area contributed by atoms with Gasteiger partial charge in [0.05, 0.1) is 26.2 Å². The second-order valence-corrected chi connectivity index (χ2v) is 6.79. The molecule has 1 fully saturated rings. The Bertz CT molecular complexity index is 766. The first-order chi connectivity index (χ1) is 12.5. The maximum Gasteiger partial charge on any atom is 0.227 e. The lowest BCUT2D eigenvalue weighted by atomic mass is 9.93. The van der Waals surface area contributed by atoms with Gasteiger partial charge in [0, 0.05) is 24.9 Å². The number of carbonyl (C=O) groups excluding carboxylic acids is 1. The minimum Gasteiger partial charge on any atom is -0.393 e. The quantitative estimate of drug-likeness (QED) is 0.887. The lowest BCUT2D eigenvalue weighted by molar-refractivity contribution is -0.157. The molecule has 138 valence electrons. The van der Waals surface area contributed by atoms with Crippen LogP contribution in [0.3, 0.4) is 0 Å². The molecule has 1 unspecified atom stereocenters. The molecule has 2 heterocycles. The second-order valence-electron chi connectivity index (χ2n) is 6.79. The molecule has 1 aromatic carbocycles. The van der Waals surface area contributed by atoms with Crippen LogP contribution >= 0.6 is 0 Å². The van der Waals surface area contributed by atoms with Crippen molar-refractivity contribution in [1.82, 2.24) is 9.88 Å². The van der Waals surface area contributed by atoms with Crippen molar-refractivity contribution in [2.75, 3.05) is 26.3 Å². The summed E-state index contributed by atoms with van der Waals surface area (Å²) in [6, 6.07) is 9.86. The van der Waals surface area contributed by atoms with Gasteiger partial charge in [-0.15, -0.1) is 0 Å². The minimum absolute atomic E-state index is 0.00386. The topological polar surface area (TPSA) is 62.7 Å². The Balaban J connectivity index is 1.69. The number of aliphatic hydroxyl groups is 1. The maximum absolute atomic E-state index is 13.1. The Morgan fingerprint density at radius 1 is 1.31 bits per heavy atom. The van der Waals surface area contributed by atoms with Gasteiger partial charge >= 0.3 is 0 Å². The van der Waals surface area contributed by atoms with Crippen LogP contribution in [0, 0.1) is 12.7 Å². The van der Waals surface area contributed by atoms with Crippen molar-refractivity contribution < 1.29 is 19.0 Å². The van der Waals surface area contributed by atoms with Crippen molar-refractivity contribution >= 4 is 5.91 Å². The number of nitrogens with zero attached hydrogens (tertiary/aromatic N) is 2. The molecule has 1 aliphatic heterocycles. The summed E-state index contributed by atoms with van der Waals surface area (Å²) in [7, 11) is 0. The highest BCUT2D eigenvalue weighted by Gasteiger charge is 2.38. The van der Waals surface area contributed by atoms with Crippen LogP contribution in [0.2, 0.25) is 0 Å². The van der Waals surface area contributed by atoms with Crippen LogP contribution in [-0.4, -0.2) is 52.8 Å². The van der Waals surface area contributed by atoms with E-state index < -0.39 is 5.60 Å². The summed E-state index contributed by atoms with van der Waals surface area (Å²) in [5, 5.41) is 9.94. The van der Waals surface area contributed by atoms with E-state index in [9.17, 15) is 14.3 Å². The van der Waals surface area contributed by atoms with Gasteiger partial charge in [-0.2, -0.15) is 0 Å². The zero-order valence-electron chi connectivity index (χ0n) is 14.8. The maximum atomic E-state index is 13.1. The van der Waals surface area contributed by atoms with Crippen LogP contribution in [-0.2, 0) is 22.4 Å². The predicted octanol–water partition coefficient (Wildman–Crippen LogP) is 1.90. The van der Waals surface area contributed by atoms with Crippen LogP contribution in [0.15, 0.2) is 42.6 Å². The van der Waals surface area contributed by atoms with Gasteiger partial charge in [-0.25, -0.2) is 4.39 Å². The highest BCUT2D eigenvalue weighted by Crippen LogP contribution is 2.24. The lowest BCUT2D eigenvalue weighted by Gasteiger charge is -2.42. The summed E-state index contributed by atoms with van der Waals surface area (Å²) in [5.41, 5.74) is 1.79. The van der Waals surface area contributed by atoms with Gasteiger partial charge < -0.3 is 14.7 Å². The summed E-state index contributed by atoms with van der Waals surface area (Å²) < 4.78 is 19.0. The molecule has 0 spiro atoms. The molecule has 1 atom stereocenters. The lowest BCUT2D eigenvalue weighted by Crippen LogP contribution is -2.57. The number of hydrogen-bond donors (Lipinski definition) is 1. The molecule has 0 bridgehead atoms. The number of aryl methyl sites for hydroxylation is 1. The fraction of sp³-hybridized carbons (Fsp3) is 0.400. The van der Waals surface area contributed by atoms with Crippen LogP contribution in [0.4, 0.5) is 4.39 Å². The van der Waals surface area contributed by atoms with E-state index in [1.807, 2.05) is 19.1 Å². The van der Waals surface area contributed by atoms with Crippen LogP contribution in [0.5, 0.6) is 0 Å². The fourth-order valence-electron chi connectivity index (χ4n) is 3.29. The number of hydrogen-bond acceptors (Lipinski definition) is 4. The molecule has 0 radical (unpaired) electrons. The van der Waals surface area contributed by atoms with Gasteiger partial charge in [0.25, 0.3) is 0 Å². The molecule has 0 saturated carbocycles. The van der Waals surface area contributed by atoms with E-state index in [1.165, 1.54) is 12.1 Å². The van der Waals surface area contributed by atoms with Crippen molar-refractivity contribution in [3.63, 3.8) is 0 Å². The number of amides is 1. The van der Waals surface area contributed by atoms with E-state index in [2.05, 4.69) is 4.98 Å². The zero-order valence-corrected chi connectivity index (χ0v) is 14.8. The third-order valence-electron chi connectivity index (χ3n) is 4.65. The van der Waals surface area contributed by atoms with Crippen molar-refractivity contribution in [3.05, 3.63) is 65.2 Å². The van der Waals surface area contributed by atoms with Crippen molar-refractivity contribution in [1.29, 1.82) is 0 Å². The summed E-state index contributed by atoms with van der Waals surface area (Å²) >= 11 is 0. The molecule has 2 aromatic rings. The fourth-order valence-corrected chi connectivity index (χ4v) is 3.29. The first-order valence-electron chi connectivity index (χ1n) is 8.68. The summed E-state index contributed by atoms with van der Waals surface area (Å²) in [6.07, 6.45) is 2.41. The smallest absolute Gasteiger partial charge is 0.227 e. The molecule has 3 rings (SSSR count). The number of rotatable bonds is 5. The minimum atomic E-state index is -0.861. The third-order valence-corrected chi connectivity index (χ3v) is 4.65. The number of aromatic nitrogens is 1. The Hall–Kier alpha value is -2.31. The highest BCUT2D eigenvalue weighted by molar-refractivity contribution is 5.79. The first-order valence-corrected chi connectivity index (χ1v) is 8.68. The molecular formula is C20H23FN2O3. The molecule has 1 N–H and O–H groups in total. The largest absolute Gasteiger partial charge is 0.393 e. The number of morpholine rings is 1. The Labute approximate surface area is 152 Å². The average Bonchev–Trinajstić information content (AvgIpc) is 2.64. The standard InChI is InChI=1S/C20H23FN2O3/c1-15-10-17(6-7-22-15)11-19(25)23-8-9-26-20(13-23,14-24)12-16-2-4-18(21)5-3-16/h2-7,10,24H,8-9,11-14H2,1H3. The van der Waals surface area contributed by atoms with E-state index in [4.69, 9.17) is 4.74 Å². The van der Waals surface area contributed by atoms with Gasteiger partial charge in [0.1, 0.15) is 11.4 Å². The normalized spacial score (nSPS) is 20.2. The van der Waals surface area contributed by atoms with Crippen molar-refractivity contribution in [2.24, 2.45) is 0 Å². The monoisotopic (exact) mass is 358 g/mol. The molecule has 1 saturated heterocycles. The van der Waals surface area contributed by atoms with Gasteiger partial charge in [0.2, 0.25) is 5.91 Å². The van der Waals surface area contributed by atoms with Crippen LogP contribution < -0.4 is 0 Å². The SMILES string of the molecule is Cc1cc(CC(=O)N2CCOC(CO)(Cc3ccc(F)cc3)C2)ccn1. The first kappa shape index (κ1) is 18.5. The number of ether oxygens (including phenoxy) is 1. The van der Waals surface area contributed by atoms with Crippen LogP contribution in [0.1, 0.15) is 16.8 Å². The van der Waals surface area contributed by atoms with E-state index >= 15 is 0 Å². The molecule has 1 aromatic heterocycles. The van der Waals surface area contributed by atoms with E-state index in [1.54, 1.807) is 23.2 Å². The molecule has 5 nitrogen and oxygen atoms in total. The van der Waals surface area contributed by atoms with Crippen molar-refractivity contribution in [3.8, 4) is 0 Å². The van der Waals surface area contributed by atoms with E-state index in [0.717, 1.165) is 16.8 Å². The Morgan fingerprint density at radius 2 is 2.08 bits per heavy atom. The summed E-state index contributed by atoms with van der Waals surface area (Å²) in [4.78, 5) is 18.6. The molecule has 26 heavy (non-hydrogen) atoms. The Morgan fingerprint density at radius 3 is 2.77 bits per heavy atom. The van der Waals surface area contributed by atoms with E-state index in [0.29, 0.717) is 32.5 Å². The highest BCUT2D eigenvalue weighted by atomic mass is 19.1. The van der Waals surface area contributed by atoms with Crippen LogP contribution in [0.25, 0.3) is 0 Å². The molecule has 1 amide bonds. The predicted molar refractivity (Wildman–Crippen MR) is 95.1 cm³/mol. The van der Waals surface area contributed by atoms with Gasteiger partial charge in [-0.05, 0) is 42.3 Å². The summed E-state index contributed by atoms with van der Waals surface area (Å²) in [6.45, 7) is 2.85. The van der Waals surface area contributed by atoms with Gasteiger partial charge in [-0.1, -0.05) is 12.1 Å². The molecule has 1 aliphatic rings. The number of halogens is 1. The second kappa shape index (κ2) is 7.93. The van der Waals surface area contributed by atoms with E-state index in [-0.39, 0.29) is 18.3 Å². The molecule has 6 heteroatoms. The van der Waals surface area contributed by atoms with Gasteiger partial charge in [0.15, 0.2) is 0 Å². The number of pyridine rings is 1. The zero-order chi connectivity index (χ0) is 18.6. The average molecular weight is 358 g/mol. The number of aliphatic hydroxyl groups excluding tert-OH is 1. The summed E-state index contributed by atoms with van der Waals surface area (Å²) in [5.74, 6) is -0.309. The number of benzene rings is 1.